The van der Waals surface area contributed by atoms with E-state index in [0.29, 0.717) is 24.0 Å². The van der Waals surface area contributed by atoms with Crippen LogP contribution < -0.4 is 14.2 Å². The van der Waals surface area contributed by atoms with Gasteiger partial charge >= 0.3 is 11.9 Å². The van der Waals surface area contributed by atoms with Crippen LogP contribution in [0.2, 0.25) is 0 Å². The van der Waals surface area contributed by atoms with Gasteiger partial charge in [0.15, 0.2) is 11.5 Å². The lowest BCUT2D eigenvalue weighted by molar-refractivity contribution is -0.134. The number of carboxylic acid groups (broad SMARTS) is 2. The highest BCUT2D eigenvalue weighted by Gasteiger charge is 2.25. The third kappa shape index (κ3) is 7.75. The Morgan fingerprint density at radius 1 is 0.972 bits per heavy atom. The summed E-state index contributed by atoms with van der Waals surface area (Å²) in [6.07, 6.45) is 5.89. The number of carbonyl (C=O) groups is 2. The van der Waals surface area contributed by atoms with E-state index < -0.39 is 11.9 Å². The van der Waals surface area contributed by atoms with Gasteiger partial charge in [-0.2, -0.15) is 0 Å². The zero-order valence-corrected chi connectivity index (χ0v) is 20.9. The maximum absolute atomic E-state index is 9.55. The molecule has 2 N–H and O–H groups in total. The molecule has 0 aliphatic carbocycles. The molecular formula is C28H35NO7. The number of rotatable bonds is 8. The van der Waals surface area contributed by atoms with Gasteiger partial charge in [-0.1, -0.05) is 24.3 Å². The van der Waals surface area contributed by atoms with Crippen molar-refractivity contribution in [3.63, 3.8) is 0 Å². The normalized spacial score (nSPS) is 17.9. The van der Waals surface area contributed by atoms with E-state index in [1.807, 2.05) is 6.07 Å². The maximum atomic E-state index is 9.55. The van der Waals surface area contributed by atoms with Crippen LogP contribution in [-0.2, 0) is 9.59 Å². The fraction of sp³-hybridized carbons (Fsp3) is 0.429. The number of carboxylic acids is 2. The van der Waals surface area contributed by atoms with E-state index in [4.69, 9.17) is 24.4 Å². The maximum Gasteiger partial charge on any atom is 0.328 e. The summed E-state index contributed by atoms with van der Waals surface area (Å²) >= 11 is 0. The number of hydrogen-bond acceptors (Lipinski definition) is 6. The van der Waals surface area contributed by atoms with Crippen LogP contribution in [0, 0.1) is 0 Å². The zero-order chi connectivity index (χ0) is 25.9. The summed E-state index contributed by atoms with van der Waals surface area (Å²) in [4.78, 5) is 21.7. The number of para-hydroxylation sites is 1. The molecule has 2 aromatic carbocycles. The van der Waals surface area contributed by atoms with Crippen molar-refractivity contribution in [2.45, 2.75) is 37.5 Å². The van der Waals surface area contributed by atoms with Crippen LogP contribution in [0.4, 0.5) is 0 Å². The average Bonchev–Trinajstić information content (AvgIpc) is 2.91. The predicted molar refractivity (Wildman–Crippen MR) is 136 cm³/mol. The lowest BCUT2D eigenvalue weighted by Crippen LogP contribution is -2.34. The van der Waals surface area contributed by atoms with Crippen LogP contribution in [0.1, 0.15) is 48.6 Å². The molecule has 0 saturated carbocycles. The molecule has 0 radical (unpaired) electrons. The second-order valence-corrected chi connectivity index (χ2v) is 8.90. The summed E-state index contributed by atoms with van der Waals surface area (Å²) in [5.41, 5.74) is 2.77. The van der Waals surface area contributed by atoms with Crippen molar-refractivity contribution in [1.82, 2.24) is 4.90 Å². The first-order chi connectivity index (χ1) is 17.4. The Morgan fingerprint density at radius 2 is 1.64 bits per heavy atom. The highest BCUT2D eigenvalue weighted by molar-refractivity contribution is 5.89. The molecule has 0 spiro atoms. The quantitative estimate of drug-likeness (QED) is 0.512. The van der Waals surface area contributed by atoms with Crippen molar-refractivity contribution in [3.05, 3.63) is 65.7 Å². The predicted octanol–water partition coefficient (Wildman–Crippen LogP) is 4.55. The van der Waals surface area contributed by atoms with Crippen LogP contribution >= 0.6 is 0 Å². The van der Waals surface area contributed by atoms with E-state index in [9.17, 15) is 9.59 Å². The molecule has 194 valence electrons. The molecular weight excluding hydrogens is 462 g/mol. The lowest BCUT2D eigenvalue weighted by atomic mass is 9.87. The van der Waals surface area contributed by atoms with Gasteiger partial charge < -0.3 is 29.3 Å². The summed E-state index contributed by atoms with van der Waals surface area (Å²) in [7, 11) is 3.39. The van der Waals surface area contributed by atoms with Crippen LogP contribution in [0.3, 0.4) is 0 Å². The fourth-order valence-electron chi connectivity index (χ4n) is 4.79. The van der Waals surface area contributed by atoms with Crippen molar-refractivity contribution >= 4 is 11.9 Å². The van der Waals surface area contributed by atoms with Gasteiger partial charge in [-0.15, -0.1) is 0 Å². The number of nitrogens with zero attached hydrogens (tertiary/aromatic N) is 1. The van der Waals surface area contributed by atoms with Gasteiger partial charge in [-0.3, -0.25) is 0 Å². The third-order valence-corrected chi connectivity index (χ3v) is 6.71. The molecule has 1 saturated heterocycles. The Kier molecular flexibility index (Phi) is 10.2. The van der Waals surface area contributed by atoms with Crippen LogP contribution in [0.15, 0.2) is 54.6 Å². The van der Waals surface area contributed by atoms with Crippen molar-refractivity contribution in [2.75, 3.05) is 40.5 Å². The number of aliphatic carboxylic acids is 2. The smallest absolute Gasteiger partial charge is 0.328 e. The largest absolute Gasteiger partial charge is 0.493 e. The van der Waals surface area contributed by atoms with E-state index in [1.54, 1.807) is 14.2 Å². The fourth-order valence-corrected chi connectivity index (χ4v) is 4.79. The monoisotopic (exact) mass is 497 g/mol. The number of fused-ring (bicyclic) bond motifs is 1. The van der Waals surface area contributed by atoms with Gasteiger partial charge in [0.1, 0.15) is 5.75 Å². The zero-order valence-electron chi connectivity index (χ0n) is 20.9. The highest BCUT2D eigenvalue weighted by atomic mass is 16.5. The number of hydrogen-bond donors (Lipinski definition) is 2. The van der Waals surface area contributed by atoms with Crippen molar-refractivity contribution in [1.29, 1.82) is 0 Å². The standard InChI is InChI=1S/C24H31NO3.C4H4O4/c1-26-23-8-7-20(17-24(23)27-2)18-9-13-25(14-10-18)15-11-19-12-16-28-22-6-4-3-5-21(19)22;5-3(6)1-2-4(7)8/h3-8,17-19H,9-16H2,1-2H3;1-2H,(H,5,6)(H,7,8)/b;2-1+/t19-;/m0./s1. The van der Waals surface area contributed by atoms with Crippen LogP contribution in [0.25, 0.3) is 0 Å². The third-order valence-electron chi connectivity index (χ3n) is 6.71. The second kappa shape index (κ2) is 13.5. The molecule has 4 rings (SSSR count). The van der Waals surface area contributed by atoms with E-state index in [1.165, 1.54) is 50.0 Å². The number of likely N-dealkylation sites (tertiary alicyclic amines) is 1. The summed E-state index contributed by atoms with van der Waals surface area (Å²) in [6.45, 7) is 4.37. The summed E-state index contributed by atoms with van der Waals surface area (Å²) in [6, 6.07) is 14.9. The molecule has 8 nitrogen and oxygen atoms in total. The Hall–Kier alpha value is -3.52. The molecule has 2 aliphatic rings. The lowest BCUT2D eigenvalue weighted by Gasteiger charge is -2.34. The molecule has 0 amide bonds. The first kappa shape index (κ1) is 27.1. The molecule has 0 unspecified atom stereocenters. The van der Waals surface area contributed by atoms with Gasteiger partial charge in [0.05, 0.1) is 20.8 Å². The first-order valence-corrected chi connectivity index (χ1v) is 12.2. The molecule has 36 heavy (non-hydrogen) atoms. The topological polar surface area (TPSA) is 106 Å². The molecule has 2 heterocycles. The van der Waals surface area contributed by atoms with E-state index in [0.717, 1.165) is 30.3 Å². The van der Waals surface area contributed by atoms with E-state index >= 15 is 0 Å². The SMILES string of the molecule is COc1ccc(C2CCN(CC[C@H]3CCOc4ccccc43)CC2)cc1OC.O=C(O)/C=C/C(=O)O. The second-order valence-electron chi connectivity index (χ2n) is 8.90. The summed E-state index contributed by atoms with van der Waals surface area (Å²) in [5.74, 6) is 1.46. The van der Waals surface area contributed by atoms with Crippen molar-refractivity contribution in [3.8, 4) is 17.2 Å². The van der Waals surface area contributed by atoms with Crippen molar-refractivity contribution < 1.29 is 34.0 Å². The molecule has 2 aliphatic heterocycles. The Balaban J connectivity index is 0.000000392. The van der Waals surface area contributed by atoms with Gasteiger partial charge in [0.2, 0.25) is 0 Å². The molecule has 0 aromatic heterocycles. The minimum atomic E-state index is -1.26. The highest BCUT2D eigenvalue weighted by Crippen LogP contribution is 2.37. The Bertz CT molecular complexity index is 1030. The summed E-state index contributed by atoms with van der Waals surface area (Å²) in [5, 5.41) is 15.6. The molecule has 1 fully saturated rings. The van der Waals surface area contributed by atoms with Gasteiger partial charge in [0.25, 0.3) is 0 Å². The molecule has 1 atom stereocenters. The van der Waals surface area contributed by atoms with Gasteiger partial charge in [-0.25, -0.2) is 9.59 Å². The van der Waals surface area contributed by atoms with E-state index in [-0.39, 0.29) is 0 Å². The average molecular weight is 498 g/mol. The van der Waals surface area contributed by atoms with E-state index in [2.05, 4.69) is 41.3 Å². The number of ether oxygens (including phenoxy) is 3. The van der Waals surface area contributed by atoms with Crippen molar-refractivity contribution in [2.24, 2.45) is 0 Å². The van der Waals surface area contributed by atoms with Gasteiger partial charge in [-0.05, 0) is 86.5 Å². The van der Waals surface area contributed by atoms with Gasteiger partial charge in [0, 0.05) is 12.2 Å². The summed E-state index contributed by atoms with van der Waals surface area (Å²) < 4.78 is 16.7. The molecule has 2 aromatic rings. The minimum Gasteiger partial charge on any atom is -0.493 e. The molecule has 0 bridgehead atoms. The number of methoxy groups -OCH3 is 2. The molecule has 8 heteroatoms. The Morgan fingerprint density at radius 3 is 2.28 bits per heavy atom. The number of benzene rings is 2. The van der Waals surface area contributed by atoms with Crippen LogP contribution in [0.5, 0.6) is 17.2 Å². The Labute approximate surface area is 212 Å². The van der Waals surface area contributed by atoms with Crippen LogP contribution in [-0.4, -0.2) is 67.5 Å². The minimum absolute atomic E-state index is 0.558. The number of piperidine rings is 1. The first-order valence-electron chi connectivity index (χ1n) is 12.2.